The summed E-state index contributed by atoms with van der Waals surface area (Å²) in [7, 11) is 0. The molecule has 25 heavy (non-hydrogen) atoms. The van der Waals surface area contributed by atoms with Gasteiger partial charge in [0.25, 0.3) is 0 Å². The molecular weight excluding hydrogens is 334 g/mol. The SMILES string of the molecule is CC(Sc1nc2cccnc2n1-c1cccc2ccccc12)C(O)O. The molecule has 0 fully saturated rings. The highest BCUT2D eigenvalue weighted by Gasteiger charge is 2.20. The van der Waals surface area contributed by atoms with E-state index in [9.17, 15) is 10.2 Å². The minimum atomic E-state index is -1.42. The molecule has 126 valence electrons. The number of nitrogens with zero attached hydrogens (tertiary/aromatic N) is 3. The van der Waals surface area contributed by atoms with E-state index in [0.717, 1.165) is 27.6 Å². The summed E-state index contributed by atoms with van der Waals surface area (Å²) in [6, 6.07) is 18.0. The van der Waals surface area contributed by atoms with Crippen LogP contribution in [0.1, 0.15) is 6.92 Å². The second kappa shape index (κ2) is 6.48. The fourth-order valence-corrected chi connectivity index (χ4v) is 3.71. The molecule has 2 aromatic carbocycles. The standard InChI is InChI=1S/C19H17N3O2S/c1-12(18(23)24)25-19-21-15-9-5-11-20-17(15)22(19)16-10-4-7-13-6-2-3-8-14(13)16/h2-12,18,23-24H,1H3. The van der Waals surface area contributed by atoms with Gasteiger partial charge in [0.05, 0.1) is 10.9 Å². The Balaban J connectivity index is 1.99. The number of aliphatic hydroxyl groups is 2. The molecule has 4 rings (SSSR count). The van der Waals surface area contributed by atoms with E-state index in [-0.39, 0.29) is 0 Å². The van der Waals surface area contributed by atoms with Crippen molar-refractivity contribution >= 4 is 33.7 Å². The molecule has 0 aliphatic rings. The molecule has 2 aromatic heterocycles. The lowest BCUT2D eigenvalue weighted by Gasteiger charge is -2.15. The summed E-state index contributed by atoms with van der Waals surface area (Å²) in [5.74, 6) is 0. The molecule has 0 amide bonds. The fourth-order valence-electron chi connectivity index (χ4n) is 2.82. The Kier molecular flexibility index (Phi) is 4.17. The van der Waals surface area contributed by atoms with Crippen LogP contribution in [0.2, 0.25) is 0 Å². The summed E-state index contributed by atoms with van der Waals surface area (Å²) in [6.45, 7) is 1.76. The molecule has 0 radical (unpaired) electrons. The van der Waals surface area contributed by atoms with Crippen molar-refractivity contribution in [2.75, 3.05) is 0 Å². The maximum atomic E-state index is 9.47. The zero-order chi connectivity index (χ0) is 17.4. The first kappa shape index (κ1) is 16.1. The van der Waals surface area contributed by atoms with Gasteiger partial charge in [0.2, 0.25) is 0 Å². The second-order valence-electron chi connectivity index (χ2n) is 5.81. The van der Waals surface area contributed by atoms with Gasteiger partial charge in [0.1, 0.15) is 5.52 Å². The van der Waals surface area contributed by atoms with Crippen molar-refractivity contribution in [1.82, 2.24) is 14.5 Å². The van der Waals surface area contributed by atoms with Crippen LogP contribution in [0.4, 0.5) is 0 Å². The first-order valence-electron chi connectivity index (χ1n) is 7.99. The normalized spacial score (nSPS) is 13.0. The third-order valence-electron chi connectivity index (χ3n) is 4.10. The number of thioether (sulfide) groups is 1. The van der Waals surface area contributed by atoms with Crippen LogP contribution in [-0.4, -0.2) is 36.3 Å². The molecule has 6 heteroatoms. The highest BCUT2D eigenvalue weighted by molar-refractivity contribution is 7.99. The zero-order valence-electron chi connectivity index (χ0n) is 13.6. The van der Waals surface area contributed by atoms with E-state index in [1.165, 1.54) is 11.8 Å². The molecule has 0 aliphatic carbocycles. The Morgan fingerprint density at radius 3 is 2.64 bits per heavy atom. The van der Waals surface area contributed by atoms with Gasteiger partial charge in [0, 0.05) is 11.6 Å². The summed E-state index contributed by atoms with van der Waals surface area (Å²) in [6.07, 6.45) is 0.323. The first-order valence-corrected chi connectivity index (χ1v) is 8.87. The number of fused-ring (bicyclic) bond motifs is 2. The lowest BCUT2D eigenvalue weighted by atomic mass is 10.1. The van der Waals surface area contributed by atoms with Crippen molar-refractivity contribution in [3.8, 4) is 5.69 Å². The van der Waals surface area contributed by atoms with E-state index in [4.69, 9.17) is 0 Å². The molecule has 4 aromatic rings. The van der Waals surface area contributed by atoms with Crippen molar-refractivity contribution in [3.63, 3.8) is 0 Å². The van der Waals surface area contributed by atoms with Crippen LogP contribution in [0.5, 0.6) is 0 Å². The Bertz CT molecular complexity index is 1040. The molecule has 0 saturated carbocycles. The number of rotatable bonds is 4. The largest absolute Gasteiger partial charge is 0.367 e. The molecule has 5 nitrogen and oxygen atoms in total. The smallest absolute Gasteiger partial charge is 0.175 e. The molecule has 0 aliphatic heterocycles. The van der Waals surface area contributed by atoms with Crippen molar-refractivity contribution in [2.45, 2.75) is 23.6 Å². The molecule has 0 spiro atoms. The Morgan fingerprint density at radius 2 is 1.80 bits per heavy atom. The molecule has 1 atom stereocenters. The summed E-state index contributed by atoms with van der Waals surface area (Å²) < 4.78 is 1.99. The van der Waals surface area contributed by atoms with E-state index in [0.29, 0.717) is 5.16 Å². The average molecular weight is 351 g/mol. The number of aliphatic hydroxyl groups excluding tert-OH is 1. The molecule has 0 saturated heterocycles. The summed E-state index contributed by atoms with van der Waals surface area (Å²) >= 11 is 1.32. The third kappa shape index (κ3) is 2.89. The topological polar surface area (TPSA) is 71.2 Å². The highest BCUT2D eigenvalue weighted by atomic mass is 32.2. The number of benzene rings is 2. The summed E-state index contributed by atoms with van der Waals surface area (Å²) in [5, 5.41) is 21.4. The Morgan fingerprint density at radius 1 is 1.00 bits per heavy atom. The number of imidazole rings is 1. The van der Waals surface area contributed by atoms with E-state index in [2.05, 4.69) is 28.2 Å². The van der Waals surface area contributed by atoms with Crippen LogP contribution < -0.4 is 0 Å². The number of hydrogen-bond acceptors (Lipinski definition) is 5. The van der Waals surface area contributed by atoms with Gasteiger partial charge in [-0.1, -0.05) is 48.2 Å². The minimum absolute atomic E-state index is 0.412. The van der Waals surface area contributed by atoms with Gasteiger partial charge in [-0.25, -0.2) is 9.97 Å². The van der Waals surface area contributed by atoms with Crippen LogP contribution >= 0.6 is 11.8 Å². The maximum Gasteiger partial charge on any atom is 0.175 e. The molecule has 2 N–H and O–H groups in total. The molecule has 0 bridgehead atoms. The van der Waals surface area contributed by atoms with Crippen molar-refractivity contribution in [3.05, 3.63) is 60.8 Å². The van der Waals surface area contributed by atoms with Crippen LogP contribution in [0.15, 0.2) is 66.0 Å². The van der Waals surface area contributed by atoms with Crippen LogP contribution in [-0.2, 0) is 0 Å². The van der Waals surface area contributed by atoms with E-state index >= 15 is 0 Å². The maximum absolute atomic E-state index is 9.47. The molecule has 2 heterocycles. The predicted molar refractivity (Wildman–Crippen MR) is 99.9 cm³/mol. The van der Waals surface area contributed by atoms with Crippen molar-refractivity contribution < 1.29 is 10.2 Å². The summed E-state index contributed by atoms with van der Waals surface area (Å²) in [5.41, 5.74) is 2.50. The predicted octanol–water partition coefficient (Wildman–Crippen LogP) is 3.37. The summed E-state index contributed by atoms with van der Waals surface area (Å²) in [4.78, 5) is 9.16. The third-order valence-corrected chi connectivity index (χ3v) is 5.20. The average Bonchev–Trinajstić information content (AvgIpc) is 2.98. The van der Waals surface area contributed by atoms with E-state index < -0.39 is 11.5 Å². The van der Waals surface area contributed by atoms with Gasteiger partial charge in [-0.15, -0.1) is 0 Å². The molecular formula is C19H17N3O2S. The quantitative estimate of drug-likeness (QED) is 0.436. The Hall–Kier alpha value is -2.41. The van der Waals surface area contributed by atoms with E-state index in [1.807, 2.05) is 41.0 Å². The first-order chi connectivity index (χ1) is 12.1. The fraction of sp³-hybridized carbons (Fsp3) is 0.158. The number of aromatic nitrogens is 3. The minimum Gasteiger partial charge on any atom is -0.367 e. The zero-order valence-corrected chi connectivity index (χ0v) is 14.4. The van der Waals surface area contributed by atoms with Gasteiger partial charge >= 0.3 is 0 Å². The van der Waals surface area contributed by atoms with Crippen molar-refractivity contribution in [1.29, 1.82) is 0 Å². The van der Waals surface area contributed by atoms with Gasteiger partial charge in [-0.2, -0.15) is 0 Å². The van der Waals surface area contributed by atoms with Crippen LogP contribution in [0.3, 0.4) is 0 Å². The second-order valence-corrected chi connectivity index (χ2v) is 7.16. The van der Waals surface area contributed by atoms with Crippen molar-refractivity contribution in [2.24, 2.45) is 0 Å². The van der Waals surface area contributed by atoms with Gasteiger partial charge in [0.15, 0.2) is 17.1 Å². The number of hydrogen-bond donors (Lipinski definition) is 2. The van der Waals surface area contributed by atoms with E-state index in [1.54, 1.807) is 13.1 Å². The number of pyridine rings is 1. The van der Waals surface area contributed by atoms with Gasteiger partial charge in [-0.05, 0) is 30.5 Å². The monoisotopic (exact) mass is 351 g/mol. The lowest BCUT2D eigenvalue weighted by Crippen LogP contribution is -2.19. The van der Waals surface area contributed by atoms with Crippen LogP contribution in [0.25, 0.3) is 27.6 Å². The molecule has 1 unspecified atom stereocenters. The Labute approximate surface area is 149 Å². The highest BCUT2D eigenvalue weighted by Crippen LogP contribution is 2.33. The van der Waals surface area contributed by atoms with Gasteiger partial charge in [-0.3, -0.25) is 4.57 Å². The van der Waals surface area contributed by atoms with Gasteiger partial charge < -0.3 is 10.2 Å². The van der Waals surface area contributed by atoms with Crippen LogP contribution in [0, 0.1) is 0 Å². The lowest BCUT2D eigenvalue weighted by molar-refractivity contribution is -0.0367.